The molecule has 0 fully saturated rings. The molecule has 0 bridgehead atoms. The van der Waals surface area contributed by atoms with Crippen molar-refractivity contribution in [2.45, 2.75) is 6.42 Å². The van der Waals surface area contributed by atoms with E-state index in [4.69, 9.17) is 4.74 Å². The van der Waals surface area contributed by atoms with Crippen molar-refractivity contribution in [2.75, 3.05) is 36.5 Å². The number of rotatable bonds is 7. The molecule has 0 saturated heterocycles. The van der Waals surface area contributed by atoms with Crippen molar-refractivity contribution < 1.29 is 19.2 Å². The fourth-order valence-corrected chi connectivity index (χ4v) is 2.80. The number of carbonyl (C=O) groups is 2. The SMILES string of the molecule is O=C(CN1C(=O)CCOc2ccccc21)NCCNc1ccc([N+](=O)[O-])cc1. The van der Waals surface area contributed by atoms with E-state index in [0.717, 1.165) is 0 Å². The molecule has 0 radical (unpaired) electrons. The summed E-state index contributed by atoms with van der Waals surface area (Å²) >= 11 is 0. The third-order valence-corrected chi connectivity index (χ3v) is 4.19. The zero-order chi connectivity index (χ0) is 19.9. The lowest BCUT2D eigenvalue weighted by molar-refractivity contribution is -0.384. The Morgan fingerprint density at radius 2 is 1.89 bits per heavy atom. The molecule has 0 saturated carbocycles. The Hall–Kier alpha value is -3.62. The van der Waals surface area contributed by atoms with Crippen LogP contribution in [0.2, 0.25) is 0 Å². The molecular formula is C19H20N4O5. The second-order valence-corrected chi connectivity index (χ2v) is 6.13. The predicted octanol–water partition coefficient (Wildman–Crippen LogP) is 1.94. The van der Waals surface area contributed by atoms with Crippen molar-refractivity contribution in [1.29, 1.82) is 0 Å². The maximum Gasteiger partial charge on any atom is 0.269 e. The number of anilines is 2. The summed E-state index contributed by atoms with van der Waals surface area (Å²) in [6.45, 7) is 0.983. The number of nitrogens with one attached hydrogen (secondary N) is 2. The Kier molecular flexibility index (Phi) is 6.05. The summed E-state index contributed by atoms with van der Waals surface area (Å²) in [4.78, 5) is 36.2. The lowest BCUT2D eigenvalue weighted by Gasteiger charge is -2.21. The second kappa shape index (κ2) is 8.85. The Labute approximate surface area is 161 Å². The molecule has 146 valence electrons. The number of amides is 2. The van der Waals surface area contributed by atoms with Crippen LogP contribution in [-0.2, 0) is 9.59 Å². The van der Waals surface area contributed by atoms with Crippen LogP contribution in [0.4, 0.5) is 17.1 Å². The van der Waals surface area contributed by atoms with Gasteiger partial charge in [0, 0.05) is 30.9 Å². The van der Waals surface area contributed by atoms with E-state index in [0.29, 0.717) is 30.2 Å². The van der Waals surface area contributed by atoms with Gasteiger partial charge in [0.15, 0.2) is 0 Å². The largest absolute Gasteiger partial charge is 0.491 e. The van der Waals surface area contributed by atoms with Crippen LogP contribution < -0.4 is 20.3 Å². The number of nitro benzene ring substituents is 1. The number of nitrogens with zero attached hydrogens (tertiary/aromatic N) is 2. The van der Waals surface area contributed by atoms with Gasteiger partial charge in [0.05, 0.1) is 23.6 Å². The molecule has 2 aromatic carbocycles. The number of fused-ring (bicyclic) bond motifs is 1. The topological polar surface area (TPSA) is 114 Å². The molecule has 2 aromatic rings. The molecule has 0 atom stereocenters. The lowest BCUT2D eigenvalue weighted by Crippen LogP contribution is -2.41. The standard InChI is InChI=1S/C19H20N4O5/c24-18(21-11-10-20-14-5-7-15(8-6-14)23(26)27)13-22-16-3-1-2-4-17(16)28-12-9-19(22)25/h1-8,20H,9-13H2,(H,21,24). The first-order valence-corrected chi connectivity index (χ1v) is 8.82. The summed E-state index contributed by atoms with van der Waals surface area (Å²) in [5.74, 6) is 0.139. The molecule has 1 heterocycles. The first-order valence-electron chi connectivity index (χ1n) is 8.82. The van der Waals surface area contributed by atoms with E-state index < -0.39 is 4.92 Å². The molecule has 1 aliphatic rings. The lowest BCUT2D eigenvalue weighted by atomic mass is 10.2. The van der Waals surface area contributed by atoms with E-state index in [2.05, 4.69) is 10.6 Å². The summed E-state index contributed by atoms with van der Waals surface area (Å²) < 4.78 is 5.56. The van der Waals surface area contributed by atoms with E-state index in [1.165, 1.54) is 17.0 Å². The van der Waals surface area contributed by atoms with Crippen LogP contribution in [0.15, 0.2) is 48.5 Å². The number of ether oxygens (including phenoxy) is 1. The van der Waals surface area contributed by atoms with E-state index in [1.807, 2.05) is 6.07 Å². The Morgan fingerprint density at radius 3 is 2.64 bits per heavy atom. The van der Waals surface area contributed by atoms with Crippen LogP contribution >= 0.6 is 0 Å². The van der Waals surface area contributed by atoms with E-state index >= 15 is 0 Å². The third kappa shape index (κ3) is 4.76. The van der Waals surface area contributed by atoms with Gasteiger partial charge in [-0.15, -0.1) is 0 Å². The van der Waals surface area contributed by atoms with Gasteiger partial charge in [-0.1, -0.05) is 12.1 Å². The van der Waals surface area contributed by atoms with Crippen molar-refractivity contribution in [3.05, 3.63) is 58.6 Å². The van der Waals surface area contributed by atoms with Gasteiger partial charge in [-0.2, -0.15) is 0 Å². The Morgan fingerprint density at radius 1 is 1.14 bits per heavy atom. The fourth-order valence-electron chi connectivity index (χ4n) is 2.80. The third-order valence-electron chi connectivity index (χ3n) is 4.19. The summed E-state index contributed by atoms with van der Waals surface area (Å²) in [6.07, 6.45) is 0.212. The molecule has 3 rings (SSSR count). The Balaban J connectivity index is 1.49. The molecule has 0 spiro atoms. The number of carbonyl (C=O) groups excluding carboxylic acids is 2. The zero-order valence-corrected chi connectivity index (χ0v) is 15.1. The molecule has 28 heavy (non-hydrogen) atoms. The highest BCUT2D eigenvalue weighted by atomic mass is 16.6. The van der Waals surface area contributed by atoms with Crippen molar-refractivity contribution in [2.24, 2.45) is 0 Å². The maximum atomic E-state index is 12.3. The first-order chi connectivity index (χ1) is 13.5. The molecule has 9 heteroatoms. The van der Waals surface area contributed by atoms with Gasteiger partial charge in [-0.05, 0) is 24.3 Å². The van der Waals surface area contributed by atoms with E-state index in [1.54, 1.807) is 30.3 Å². The molecule has 2 amide bonds. The maximum absolute atomic E-state index is 12.3. The summed E-state index contributed by atoms with van der Waals surface area (Å²) in [5.41, 5.74) is 1.32. The van der Waals surface area contributed by atoms with Crippen LogP contribution in [0.5, 0.6) is 5.75 Å². The number of nitro groups is 1. The molecule has 9 nitrogen and oxygen atoms in total. The van der Waals surface area contributed by atoms with Gasteiger partial charge in [0.2, 0.25) is 11.8 Å². The smallest absolute Gasteiger partial charge is 0.269 e. The van der Waals surface area contributed by atoms with E-state index in [9.17, 15) is 19.7 Å². The molecule has 2 N–H and O–H groups in total. The van der Waals surface area contributed by atoms with Gasteiger partial charge < -0.3 is 15.4 Å². The van der Waals surface area contributed by atoms with Crippen molar-refractivity contribution >= 4 is 28.9 Å². The molecule has 1 aliphatic heterocycles. The molecule has 0 aromatic heterocycles. The molecular weight excluding hydrogens is 364 g/mol. The van der Waals surface area contributed by atoms with Gasteiger partial charge in [-0.3, -0.25) is 24.6 Å². The van der Waals surface area contributed by atoms with Gasteiger partial charge in [-0.25, -0.2) is 0 Å². The van der Waals surface area contributed by atoms with Crippen molar-refractivity contribution in [3.8, 4) is 5.75 Å². The average Bonchev–Trinajstić information content (AvgIpc) is 2.85. The quantitative estimate of drug-likeness (QED) is 0.428. The summed E-state index contributed by atoms with van der Waals surface area (Å²) in [5, 5.41) is 16.5. The van der Waals surface area contributed by atoms with Gasteiger partial charge in [0.1, 0.15) is 12.3 Å². The highest BCUT2D eigenvalue weighted by Gasteiger charge is 2.24. The Bertz CT molecular complexity index is 869. The van der Waals surface area contributed by atoms with Crippen LogP contribution in [0.25, 0.3) is 0 Å². The predicted molar refractivity (Wildman–Crippen MR) is 104 cm³/mol. The van der Waals surface area contributed by atoms with Crippen LogP contribution in [0, 0.1) is 10.1 Å². The monoisotopic (exact) mass is 384 g/mol. The highest BCUT2D eigenvalue weighted by molar-refractivity contribution is 6.00. The number of hydrogen-bond donors (Lipinski definition) is 2. The van der Waals surface area contributed by atoms with Crippen LogP contribution in [-0.4, -0.2) is 43.0 Å². The average molecular weight is 384 g/mol. The summed E-state index contributed by atoms with van der Waals surface area (Å²) in [7, 11) is 0. The molecule has 0 unspecified atom stereocenters. The number of benzene rings is 2. The van der Waals surface area contributed by atoms with Crippen molar-refractivity contribution in [3.63, 3.8) is 0 Å². The van der Waals surface area contributed by atoms with Gasteiger partial charge in [0.25, 0.3) is 5.69 Å². The number of non-ortho nitro benzene ring substituents is 1. The minimum Gasteiger partial charge on any atom is -0.491 e. The van der Waals surface area contributed by atoms with Crippen molar-refractivity contribution in [1.82, 2.24) is 5.32 Å². The van der Waals surface area contributed by atoms with E-state index in [-0.39, 0.29) is 37.1 Å². The number of para-hydroxylation sites is 2. The molecule has 0 aliphatic carbocycles. The number of hydrogen-bond acceptors (Lipinski definition) is 6. The van der Waals surface area contributed by atoms with Gasteiger partial charge >= 0.3 is 0 Å². The minimum absolute atomic E-state index is 0.0187. The van der Waals surface area contributed by atoms with Crippen LogP contribution in [0.1, 0.15) is 6.42 Å². The normalized spacial score (nSPS) is 13.1. The second-order valence-electron chi connectivity index (χ2n) is 6.13. The van der Waals surface area contributed by atoms with Crippen LogP contribution in [0.3, 0.4) is 0 Å². The first kappa shape index (κ1) is 19.2. The summed E-state index contributed by atoms with van der Waals surface area (Å²) in [6, 6.07) is 13.2. The highest BCUT2D eigenvalue weighted by Crippen LogP contribution is 2.30. The fraction of sp³-hybridized carbons (Fsp3) is 0.263. The zero-order valence-electron chi connectivity index (χ0n) is 15.1. The minimum atomic E-state index is -0.461.